The number of rotatable bonds is 2. The van der Waals surface area contributed by atoms with Gasteiger partial charge in [-0.1, -0.05) is 0 Å². The highest BCUT2D eigenvalue weighted by atomic mass is 16.7. The maximum atomic E-state index is 6.03. The van der Waals surface area contributed by atoms with Crippen LogP contribution in [0.4, 0.5) is 0 Å². The Labute approximate surface area is 77.3 Å². The van der Waals surface area contributed by atoms with Gasteiger partial charge in [-0.25, -0.2) is 0 Å². The molecule has 5 aliphatic rings. The Kier molecular flexibility index (Phi) is 1.16. The zero-order valence-electron chi connectivity index (χ0n) is 7.57. The van der Waals surface area contributed by atoms with Gasteiger partial charge in [0, 0.05) is 12.8 Å². The minimum atomic E-state index is -0.170. The summed E-state index contributed by atoms with van der Waals surface area (Å²) in [5.41, 5.74) is 0. The highest BCUT2D eigenvalue weighted by Gasteiger charge is 2.59. The fourth-order valence-corrected chi connectivity index (χ4v) is 3.09. The molecule has 2 saturated carbocycles. The minimum absolute atomic E-state index is 0.170. The predicted molar refractivity (Wildman–Crippen MR) is 44.2 cm³/mol. The lowest BCUT2D eigenvalue weighted by Gasteiger charge is -2.40. The van der Waals surface area contributed by atoms with Crippen LogP contribution in [0, 0.1) is 0 Å². The number of hydrogen-bond donors (Lipinski definition) is 0. The van der Waals surface area contributed by atoms with Crippen molar-refractivity contribution in [3.05, 3.63) is 0 Å². The standard InChI is InChI=1S/C10H14O3/c1-2-8(9-7(1)11-9)13-10-4-3-6(5-10)12-10/h6-9H,1-5H2. The molecular weight excluding hydrogens is 168 g/mol. The maximum absolute atomic E-state index is 6.03. The van der Waals surface area contributed by atoms with Crippen LogP contribution in [0.1, 0.15) is 32.1 Å². The molecule has 72 valence electrons. The van der Waals surface area contributed by atoms with Gasteiger partial charge in [-0.05, 0) is 19.3 Å². The van der Waals surface area contributed by atoms with Gasteiger partial charge in [0.2, 0.25) is 0 Å². The molecule has 0 aromatic rings. The lowest BCUT2D eigenvalue weighted by atomic mass is 10.1. The van der Waals surface area contributed by atoms with E-state index < -0.39 is 0 Å². The van der Waals surface area contributed by atoms with Crippen LogP contribution in [0.15, 0.2) is 0 Å². The van der Waals surface area contributed by atoms with Gasteiger partial charge in [0.25, 0.3) is 0 Å². The van der Waals surface area contributed by atoms with E-state index in [2.05, 4.69) is 0 Å². The second-order valence-corrected chi connectivity index (χ2v) is 4.77. The first-order valence-corrected chi connectivity index (χ1v) is 5.36. The average Bonchev–Trinajstić information content (AvgIpc) is 2.45. The van der Waals surface area contributed by atoms with Crippen LogP contribution in [-0.4, -0.2) is 30.2 Å². The van der Waals surface area contributed by atoms with Crippen molar-refractivity contribution in [3.8, 4) is 0 Å². The Hall–Kier alpha value is -0.120. The van der Waals surface area contributed by atoms with E-state index in [0.717, 1.165) is 12.8 Å². The van der Waals surface area contributed by atoms with Crippen molar-refractivity contribution in [2.45, 2.75) is 62.3 Å². The molecule has 5 unspecified atom stereocenters. The molecule has 5 atom stereocenters. The Morgan fingerprint density at radius 3 is 2.69 bits per heavy atom. The van der Waals surface area contributed by atoms with Crippen molar-refractivity contribution < 1.29 is 14.2 Å². The summed E-state index contributed by atoms with van der Waals surface area (Å²) in [7, 11) is 0. The first-order valence-electron chi connectivity index (χ1n) is 5.36. The summed E-state index contributed by atoms with van der Waals surface area (Å²) in [6.45, 7) is 0. The van der Waals surface area contributed by atoms with Gasteiger partial charge in [-0.3, -0.25) is 0 Å². The summed E-state index contributed by atoms with van der Waals surface area (Å²) in [6.07, 6.45) is 7.58. The molecule has 0 aromatic heterocycles. The van der Waals surface area contributed by atoms with Crippen LogP contribution < -0.4 is 0 Å². The van der Waals surface area contributed by atoms with Crippen molar-refractivity contribution in [1.82, 2.24) is 0 Å². The molecule has 5 fully saturated rings. The molecule has 2 bridgehead atoms. The normalized spacial score (nSPS) is 61.8. The van der Waals surface area contributed by atoms with Crippen molar-refractivity contribution in [3.63, 3.8) is 0 Å². The van der Waals surface area contributed by atoms with Crippen LogP contribution in [0.2, 0.25) is 0 Å². The fraction of sp³-hybridized carbons (Fsp3) is 1.00. The molecular formula is C10H14O3. The van der Waals surface area contributed by atoms with Crippen LogP contribution in [0.3, 0.4) is 0 Å². The Morgan fingerprint density at radius 2 is 2.15 bits per heavy atom. The quantitative estimate of drug-likeness (QED) is 0.601. The highest BCUT2D eigenvalue weighted by Crippen LogP contribution is 2.51. The van der Waals surface area contributed by atoms with Crippen molar-refractivity contribution in [1.29, 1.82) is 0 Å². The van der Waals surface area contributed by atoms with Crippen molar-refractivity contribution in [2.24, 2.45) is 0 Å². The van der Waals surface area contributed by atoms with Crippen molar-refractivity contribution in [2.75, 3.05) is 0 Å². The van der Waals surface area contributed by atoms with Crippen molar-refractivity contribution >= 4 is 0 Å². The first kappa shape index (κ1) is 7.21. The van der Waals surface area contributed by atoms with Crippen LogP contribution in [0.25, 0.3) is 0 Å². The van der Waals surface area contributed by atoms with E-state index in [9.17, 15) is 0 Å². The molecule has 3 saturated heterocycles. The number of ether oxygens (including phenoxy) is 3. The van der Waals surface area contributed by atoms with Gasteiger partial charge in [0.1, 0.15) is 6.10 Å². The third kappa shape index (κ3) is 0.901. The maximum Gasteiger partial charge on any atom is 0.171 e. The number of hydrogen-bond acceptors (Lipinski definition) is 3. The lowest BCUT2D eigenvalue weighted by molar-refractivity contribution is -0.320. The number of epoxide rings is 1. The molecule has 0 aromatic carbocycles. The minimum Gasteiger partial charge on any atom is -0.367 e. The highest BCUT2D eigenvalue weighted by molar-refractivity contribution is 5.02. The first-order chi connectivity index (χ1) is 6.35. The Bertz CT molecular complexity index is 241. The van der Waals surface area contributed by atoms with Gasteiger partial charge >= 0.3 is 0 Å². The molecule has 0 N–H and O–H groups in total. The largest absolute Gasteiger partial charge is 0.367 e. The molecule has 3 heteroatoms. The zero-order chi connectivity index (χ0) is 8.47. The second kappa shape index (κ2) is 2.10. The molecule has 2 aliphatic carbocycles. The van der Waals surface area contributed by atoms with Crippen LogP contribution in [-0.2, 0) is 14.2 Å². The molecule has 0 amide bonds. The molecule has 13 heavy (non-hydrogen) atoms. The van der Waals surface area contributed by atoms with E-state index in [4.69, 9.17) is 14.2 Å². The zero-order valence-corrected chi connectivity index (χ0v) is 7.57. The molecule has 5 rings (SSSR count). The van der Waals surface area contributed by atoms with Crippen LogP contribution >= 0.6 is 0 Å². The summed E-state index contributed by atoms with van der Waals surface area (Å²) in [5.74, 6) is -0.170. The van der Waals surface area contributed by atoms with Gasteiger partial charge in [0.15, 0.2) is 5.79 Å². The van der Waals surface area contributed by atoms with E-state index in [0.29, 0.717) is 24.4 Å². The van der Waals surface area contributed by atoms with E-state index in [-0.39, 0.29) is 5.79 Å². The SMILES string of the molecule is C1CC2(OC3CCC4OC43)CC1O2. The average molecular weight is 182 g/mol. The summed E-state index contributed by atoms with van der Waals surface area (Å²) in [6, 6.07) is 0. The summed E-state index contributed by atoms with van der Waals surface area (Å²) in [5, 5.41) is 0. The smallest absolute Gasteiger partial charge is 0.171 e. The second-order valence-electron chi connectivity index (χ2n) is 4.77. The van der Waals surface area contributed by atoms with E-state index in [1.165, 1.54) is 19.3 Å². The molecule has 3 heterocycles. The monoisotopic (exact) mass is 182 g/mol. The number of fused-ring (bicyclic) bond motifs is 2. The van der Waals surface area contributed by atoms with E-state index >= 15 is 0 Å². The summed E-state index contributed by atoms with van der Waals surface area (Å²) < 4.78 is 17.2. The third-order valence-electron chi connectivity index (χ3n) is 3.86. The van der Waals surface area contributed by atoms with Gasteiger partial charge in [-0.2, -0.15) is 0 Å². The topological polar surface area (TPSA) is 31.0 Å². The van der Waals surface area contributed by atoms with Crippen LogP contribution in [0.5, 0.6) is 0 Å². The van der Waals surface area contributed by atoms with Gasteiger partial charge in [-0.15, -0.1) is 0 Å². The Balaban J connectivity index is 1.47. The predicted octanol–water partition coefficient (Wildman–Crippen LogP) is 1.21. The van der Waals surface area contributed by atoms with Gasteiger partial charge in [0.05, 0.1) is 18.3 Å². The van der Waals surface area contributed by atoms with E-state index in [1.807, 2.05) is 0 Å². The third-order valence-corrected chi connectivity index (χ3v) is 3.86. The fourth-order valence-electron chi connectivity index (χ4n) is 3.09. The molecule has 3 nitrogen and oxygen atoms in total. The molecule has 3 aliphatic heterocycles. The van der Waals surface area contributed by atoms with E-state index in [1.54, 1.807) is 0 Å². The summed E-state index contributed by atoms with van der Waals surface area (Å²) >= 11 is 0. The molecule has 0 radical (unpaired) electrons. The van der Waals surface area contributed by atoms with Gasteiger partial charge < -0.3 is 14.2 Å². The Morgan fingerprint density at radius 1 is 1.23 bits per heavy atom. The lowest BCUT2D eigenvalue weighted by Crippen LogP contribution is -2.47. The summed E-state index contributed by atoms with van der Waals surface area (Å²) in [4.78, 5) is 0. The molecule has 0 spiro atoms.